The van der Waals surface area contributed by atoms with Crippen LogP contribution in [0.15, 0.2) is 54.7 Å². The topological polar surface area (TPSA) is 81.5 Å². The largest absolute Gasteiger partial charge is 0.475 e. The number of hydrogen-bond donors (Lipinski definition) is 1. The van der Waals surface area contributed by atoms with Crippen LogP contribution < -0.4 is 15.0 Å². The molecule has 0 spiro atoms. The van der Waals surface area contributed by atoms with Crippen LogP contribution in [0.4, 0.5) is 11.6 Å². The van der Waals surface area contributed by atoms with E-state index >= 15 is 0 Å². The predicted octanol–water partition coefficient (Wildman–Crippen LogP) is 2.73. The van der Waals surface area contributed by atoms with Gasteiger partial charge in [0.2, 0.25) is 5.88 Å². The van der Waals surface area contributed by atoms with E-state index in [1.807, 2.05) is 42.3 Å². The van der Waals surface area contributed by atoms with Crippen molar-refractivity contribution in [2.45, 2.75) is 6.54 Å². The molecule has 1 N–H and O–H groups in total. The lowest BCUT2D eigenvalue weighted by atomic mass is 10.2. The van der Waals surface area contributed by atoms with E-state index in [1.54, 1.807) is 43.2 Å². The zero-order chi connectivity index (χ0) is 20.6. The third-order valence-corrected chi connectivity index (χ3v) is 4.20. The number of nitrogens with zero attached hydrogens (tertiary/aromatic N) is 4. The number of rotatable bonds is 9. The first kappa shape index (κ1) is 20.3. The summed E-state index contributed by atoms with van der Waals surface area (Å²) in [6.07, 6.45) is 1.76. The lowest BCUT2D eigenvalue weighted by Crippen LogP contribution is -2.20. The van der Waals surface area contributed by atoms with E-state index in [9.17, 15) is 4.79 Å². The van der Waals surface area contributed by atoms with Gasteiger partial charge in [-0.15, -0.1) is 0 Å². The molecule has 0 radical (unpaired) electrons. The second kappa shape index (κ2) is 9.70. The number of benzene rings is 1. The summed E-state index contributed by atoms with van der Waals surface area (Å²) in [5, 5.41) is 6.98. The fraction of sp³-hybridized carbons (Fsp3) is 0.286. The van der Waals surface area contributed by atoms with Crippen molar-refractivity contribution >= 4 is 17.5 Å². The number of hydrogen-bond acceptors (Lipinski definition) is 6. The third-order valence-electron chi connectivity index (χ3n) is 4.20. The molecule has 0 aliphatic heterocycles. The van der Waals surface area contributed by atoms with Crippen molar-refractivity contribution in [3.63, 3.8) is 0 Å². The molecule has 3 rings (SSSR count). The molecular formula is C21H25N5O3. The molecule has 1 amide bonds. The van der Waals surface area contributed by atoms with Gasteiger partial charge in [0.05, 0.1) is 6.61 Å². The second-order valence-electron chi connectivity index (χ2n) is 6.56. The molecule has 2 aromatic heterocycles. The summed E-state index contributed by atoms with van der Waals surface area (Å²) in [7, 11) is 5.32. The van der Waals surface area contributed by atoms with Gasteiger partial charge < -0.3 is 19.7 Å². The molecule has 152 valence electrons. The molecule has 0 saturated heterocycles. The molecule has 0 aliphatic carbocycles. The molecule has 0 aliphatic rings. The van der Waals surface area contributed by atoms with Crippen LogP contribution in [0.5, 0.6) is 5.88 Å². The number of anilines is 2. The molecule has 0 fully saturated rings. The normalized spacial score (nSPS) is 10.6. The molecule has 8 heteroatoms. The van der Waals surface area contributed by atoms with Gasteiger partial charge in [-0.1, -0.05) is 30.3 Å². The Morgan fingerprint density at radius 3 is 2.66 bits per heavy atom. The monoisotopic (exact) mass is 395 g/mol. The van der Waals surface area contributed by atoms with Crippen LogP contribution >= 0.6 is 0 Å². The first-order chi connectivity index (χ1) is 14.0. The average molecular weight is 395 g/mol. The van der Waals surface area contributed by atoms with Crippen LogP contribution in [0.3, 0.4) is 0 Å². The Hall–Kier alpha value is -3.39. The van der Waals surface area contributed by atoms with Crippen molar-refractivity contribution in [1.82, 2.24) is 14.8 Å². The van der Waals surface area contributed by atoms with Gasteiger partial charge in [-0.2, -0.15) is 10.1 Å². The van der Waals surface area contributed by atoms with Crippen molar-refractivity contribution in [3.8, 4) is 5.88 Å². The van der Waals surface area contributed by atoms with Gasteiger partial charge in [0, 0.05) is 51.6 Å². The highest BCUT2D eigenvalue weighted by Crippen LogP contribution is 2.21. The zero-order valence-corrected chi connectivity index (χ0v) is 16.8. The van der Waals surface area contributed by atoms with Gasteiger partial charge in [-0.05, 0) is 11.6 Å². The highest BCUT2D eigenvalue weighted by atomic mass is 16.5. The smallest absolute Gasteiger partial charge is 0.257 e. The Labute approximate surface area is 170 Å². The summed E-state index contributed by atoms with van der Waals surface area (Å²) in [6, 6.07) is 15.1. The fourth-order valence-electron chi connectivity index (χ4n) is 2.73. The molecule has 0 saturated carbocycles. The van der Waals surface area contributed by atoms with Crippen LogP contribution in [0.2, 0.25) is 0 Å². The minimum Gasteiger partial charge on any atom is -0.475 e. The van der Waals surface area contributed by atoms with E-state index in [0.717, 1.165) is 5.56 Å². The lowest BCUT2D eigenvalue weighted by molar-refractivity contribution is 0.102. The summed E-state index contributed by atoms with van der Waals surface area (Å²) in [5.41, 5.74) is 1.58. The number of carbonyl (C=O) groups is 1. The van der Waals surface area contributed by atoms with Crippen molar-refractivity contribution < 1.29 is 14.3 Å². The molecule has 8 nitrogen and oxygen atoms in total. The number of pyridine rings is 1. The van der Waals surface area contributed by atoms with E-state index in [1.165, 1.54) is 0 Å². The highest BCUT2D eigenvalue weighted by molar-refractivity contribution is 6.04. The predicted molar refractivity (Wildman–Crippen MR) is 111 cm³/mol. The van der Waals surface area contributed by atoms with Crippen LogP contribution in [-0.2, 0) is 18.3 Å². The van der Waals surface area contributed by atoms with Crippen molar-refractivity contribution in [1.29, 1.82) is 0 Å². The van der Waals surface area contributed by atoms with Crippen molar-refractivity contribution in [2.24, 2.45) is 7.05 Å². The molecule has 2 heterocycles. The zero-order valence-electron chi connectivity index (χ0n) is 16.8. The Morgan fingerprint density at radius 2 is 1.97 bits per heavy atom. The van der Waals surface area contributed by atoms with Crippen LogP contribution in [0, 0.1) is 0 Å². The van der Waals surface area contributed by atoms with E-state index in [-0.39, 0.29) is 5.91 Å². The van der Waals surface area contributed by atoms with Crippen molar-refractivity contribution in [2.75, 3.05) is 37.6 Å². The van der Waals surface area contributed by atoms with Gasteiger partial charge in [0.1, 0.15) is 12.4 Å². The molecule has 3 aromatic rings. The maximum Gasteiger partial charge on any atom is 0.257 e. The Balaban J connectivity index is 1.82. The number of aryl methyl sites for hydroxylation is 1. The Morgan fingerprint density at radius 1 is 1.17 bits per heavy atom. The average Bonchev–Trinajstić information content (AvgIpc) is 3.13. The fourth-order valence-corrected chi connectivity index (χ4v) is 2.73. The summed E-state index contributed by atoms with van der Waals surface area (Å²) in [6.45, 7) is 1.43. The van der Waals surface area contributed by atoms with E-state index in [4.69, 9.17) is 9.47 Å². The minimum atomic E-state index is -0.281. The summed E-state index contributed by atoms with van der Waals surface area (Å²) < 4.78 is 12.3. The quantitative estimate of drug-likeness (QED) is 0.561. The van der Waals surface area contributed by atoms with Crippen molar-refractivity contribution in [3.05, 3.63) is 65.9 Å². The maximum atomic E-state index is 12.8. The van der Waals surface area contributed by atoms with Crippen LogP contribution in [-0.4, -0.2) is 48.0 Å². The Kier molecular flexibility index (Phi) is 6.80. The number of ether oxygens (including phenoxy) is 2. The SMILES string of the molecule is COCCOc1cc(C(=O)Nc2ccn(C)n2)cc(N(C)Cc2ccccc2)n1. The summed E-state index contributed by atoms with van der Waals surface area (Å²) in [5.74, 6) is 1.20. The van der Waals surface area contributed by atoms with Gasteiger partial charge in [0.25, 0.3) is 5.91 Å². The van der Waals surface area contributed by atoms with Gasteiger partial charge in [-0.3, -0.25) is 9.48 Å². The minimum absolute atomic E-state index is 0.281. The van der Waals surface area contributed by atoms with Gasteiger partial charge in [0.15, 0.2) is 5.82 Å². The molecule has 0 atom stereocenters. The number of carbonyl (C=O) groups excluding carboxylic acids is 1. The maximum absolute atomic E-state index is 12.8. The molecule has 29 heavy (non-hydrogen) atoms. The number of methoxy groups -OCH3 is 1. The highest BCUT2D eigenvalue weighted by Gasteiger charge is 2.15. The standard InChI is InChI=1S/C21H25N5O3/c1-25(15-16-7-5-4-6-8-16)19-13-17(14-20(23-19)29-12-11-28-3)21(27)22-18-9-10-26(2)24-18/h4-10,13-14H,11-12,15H2,1-3H3,(H,22,24,27). The van der Waals surface area contributed by atoms with Crippen LogP contribution in [0.1, 0.15) is 15.9 Å². The summed E-state index contributed by atoms with van der Waals surface area (Å²) >= 11 is 0. The summed E-state index contributed by atoms with van der Waals surface area (Å²) in [4.78, 5) is 19.3. The van der Waals surface area contributed by atoms with Gasteiger partial charge >= 0.3 is 0 Å². The van der Waals surface area contributed by atoms with E-state index < -0.39 is 0 Å². The molecular weight excluding hydrogens is 370 g/mol. The first-order valence-electron chi connectivity index (χ1n) is 9.25. The molecule has 0 unspecified atom stereocenters. The third kappa shape index (κ3) is 5.79. The molecule has 0 bridgehead atoms. The molecule has 1 aromatic carbocycles. The number of amides is 1. The first-order valence-corrected chi connectivity index (χ1v) is 9.25. The van der Waals surface area contributed by atoms with Gasteiger partial charge in [-0.25, -0.2) is 0 Å². The lowest BCUT2D eigenvalue weighted by Gasteiger charge is -2.20. The van der Waals surface area contributed by atoms with E-state index in [2.05, 4.69) is 15.4 Å². The number of nitrogens with one attached hydrogen (secondary N) is 1. The second-order valence-corrected chi connectivity index (χ2v) is 6.56. The van der Waals surface area contributed by atoms with Crippen LogP contribution in [0.25, 0.3) is 0 Å². The van der Waals surface area contributed by atoms with E-state index in [0.29, 0.717) is 42.8 Å². The Bertz CT molecular complexity index is 942. The number of aromatic nitrogens is 3.